The maximum atomic E-state index is 10.8. The van der Waals surface area contributed by atoms with Gasteiger partial charge in [-0.15, -0.1) is 0 Å². The maximum absolute atomic E-state index is 10.8. The van der Waals surface area contributed by atoms with Gasteiger partial charge in [-0.3, -0.25) is 10.1 Å². The first-order valence-electron chi connectivity index (χ1n) is 11.4. The van der Waals surface area contributed by atoms with Crippen LogP contribution in [0.3, 0.4) is 0 Å². The lowest BCUT2D eigenvalue weighted by atomic mass is 10.1. The van der Waals surface area contributed by atoms with Crippen molar-refractivity contribution in [2.75, 3.05) is 18.0 Å². The molecule has 0 atom stereocenters. The van der Waals surface area contributed by atoms with Gasteiger partial charge < -0.3 is 4.90 Å². The summed E-state index contributed by atoms with van der Waals surface area (Å²) in [4.78, 5) is 12.9. The van der Waals surface area contributed by atoms with Gasteiger partial charge in [-0.1, -0.05) is 76.7 Å². The summed E-state index contributed by atoms with van der Waals surface area (Å²) in [7, 11) is 0. The molecule has 2 aromatic carbocycles. The molecule has 162 valence electrons. The van der Waals surface area contributed by atoms with Crippen molar-refractivity contribution in [1.82, 2.24) is 0 Å². The SMILES string of the molecule is CCCCCCN(CCCCCC)c1ccc(/C=C/c2ccc([N+](=O)[O-])cc2)cc1. The lowest BCUT2D eigenvalue weighted by Crippen LogP contribution is -2.25. The number of non-ortho nitro benzene ring substituents is 1. The molecule has 4 nitrogen and oxygen atoms in total. The molecule has 0 bridgehead atoms. The van der Waals surface area contributed by atoms with Gasteiger partial charge in [0.05, 0.1) is 4.92 Å². The predicted octanol–water partition coefficient (Wildman–Crippen LogP) is 7.73. The summed E-state index contributed by atoms with van der Waals surface area (Å²) in [5, 5.41) is 10.8. The highest BCUT2D eigenvalue weighted by atomic mass is 16.6. The van der Waals surface area contributed by atoms with Gasteiger partial charge >= 0.3 is 0 Å². The van der Waals surface area contributed by atoms with E-state index in [0.717, 1.165) is 24.2 Å². The smallest absolute Gasteiger partial charge is 0.269 e. The standard InChI is InChI=1S/C26H36N2O2/c1-3-5-7-9-21-27(22-10-8-6-4-2)25-17-13-23(14-18-25)11-12-24-15-19-26(20-16-24)28(29)30/h11-20H,3-10,21-22H2,1-2H3/b12-11+. The summed E-state index contributed by atoms with van der Waals surface area (Å²) in [5.74, 6) is 0. The largest absolute Gasteiger partial charge is 0.372 e. The third-order valence-electron chi connectivity index (χ3n) is 5.39. The Labute approximate surface area is 181 Å². The number of nitro benzene ring substituents is 1. The van der Waals surface area contributed by atoms with Crippen LogP contribution in [0.4, 0.5) is 11.4 Å². The first kappa shape index (κ1) is 23.7. The number of unbranched alkanes of at least 4 members (excludes halogenated alkanes) is 6. The van der Waals surface area contributed by atoms with Crippen molar-refractivity contribution in [1.29, 1.82) is 0 Å². The molecule has 0 aliphatic rings. The quantitative estimate of drug-likeness (QED) is 0.139. The van der Waals surface area contributed by atoms with Crippen LogP contribution in [-0.2, 0) is 0 Å². The van der Waals surface area contributed by atoms with Gasteiger partial charge in [0.25, 0.3) is 5.69 Å². The summed E-state index contributed by atoms with van der Waals surface area (Å²) >= 11 is 0. The molecule has 2 aromatic rings. The van der Waals surface area contributed by atoms with E-state index in [1.165, 1.54) is 69.2 Å². The van der Waals surface area contributed by atoms with E-state index in [-0.39, 0.29) is 10.6 Å². The summed E-state index contributed by atoms with van der Waals surface area (Å²) in [5.41, 5.74) is 3.51. The van der Waals surface area contributed by atoms with E-state index in [1.807, 2.05) is 6.08 Å². The van der Waals surface area contributed by atoms with E-state index in [2.05, 4.69) is 49.1 Å². The first-order chi connectivity index (χ1) is 14.6. The van der Waals surface area contributed by atoms with Crippen LogP contribution in [0.25, 0.3) is 12.2 Å². The van der Waals surface area contributed by atoms with Crippen LogP contribution in [0.1, 0.15) is 76.3 Å². The molecule has 0 saturated carbocycles. The van der Waals surface area contributed by atoms with E-state index in [1.54, 1.807) is 12.1 Å². The van der Waals surface area contributed by atoms with Crippen LogP contribution < -0.4 is 4.90 Å². The Bertz CT molecular complexity index is 755. The zero-order chi connectivity index (χ0) is 21.6. The molecule has 2 rings (SSSR count). The Kier molecular flexibility index (Phi) is 10.7. The van der Waals surface area contributed by atoms with Crippen LogP contribution in [0, 0.1) is 10.1 Å². The van der Waals surface area contributed by atoms with Crippen molar-refractivity contribution in [3.05, 3.63) is 69.8 Å². The molecule has 0 aliphatic carbocycles. The number of anilines is 1. The molecule has 0 aromatic heterocycles. The minimum Gasteiger partial charge on any atom is -0.372 e. The molecule has 0 unspecified atom stereocenters. The first-order valence-corrected chi connectivity index (χ1v) is 11.4. The lowest BCUT2D eigenvalue weighted by Gasteiger charge is -2.25. The van der Waals surface area contributed by atoms with Gasteiger partial charge in [0.1, 0.15) is 0 Å². The Hall–Kier alpha value is -2.62. The molecular weight excluding hydrogens is 372 g/mol. The second kappa shape index (κ2) is 13.6. The summed E-state index contributed by atoms with van der Waals surface area (Å²) in [6.45, 7) is 6.77. The van der Waals surface area contributed by atoms with Crippen molar-refractivity contribution < 1.29 is 4.92 Å². The maximum Gasteiger partial charge on any atom is 0.269 e. The third-order valence-corrected chi connectivity index (χ3v) is 5.39. The Morgan fingerprint density at radius 1 is 0.733 bits per heavy atom. The fraction of sp³-hybridized carbons (Fsp3) is 0.462. The minimum absolute atomic E-state index is 0.120. The molecule has 0 N–H and O–H groups in total. The highest BCUT2D eigenvalue weighted by molar-refractivity contribution is 5.71. The van der Waals surface area contributed by atoms with Crippen molar-refractivity contribution in [2.45, 2.75) is 65.2 Å². The average Bonchev–Trinajstić information content (AvgIpc) is 2.77. The molecular formula is C26H36N2O2. The molecule has 0 amide bonds. The Balaban J connectivity index is 1.98. The number of nitro groups is 1. The average molecular weight is 409 g/mol. The fourth-order valence-electron chi connectivity index (χ4n) is 3.52. The molecule has 0 fully saturated rings. The number of benzene rings is 2. The van der Waals surface area contributed by atoms with Crippen molar-refractivity contribution >= 4 is 23.5 Å². The molecule has 30 heavy (non-hydrogen) atoms. The molecule has 0 heterocycles. The van der Waals surface area contributed by atoms with E-state index < -0.39 is 0 Å². The summed E-state index contributed by atoms with van der Waals surface area (Å²) < 4.78 is 0. The van der Waals surface area contributed by atoms with E-state index in [9.17, 15) is 10.1 Å². The minimum atomic E-state index is -0.373. The summed E-state index contributed by atoms with van der Waals surface area (Å²) in [6.07, 6.45) is 14.3. The van der Waals surface area contributed by atoms with Crippen molar-refractivity contribution in [3.63, 3.8) is 0 Å². The van der Waals surface area contributed by atoms with E-state index in [4.69, 9.17) is 0 Å². The monoisotopic (exact) mass is 408 g/mol. The van der Waals surface area contributed by atoms with Gasteiger partial charge in [-0.25, -0.2) is 0 Å². The van der Waals surface area contributed by atoms with Gasteiger partial charge in [-0.05, 0) is 48.2 Å². The number of rotatable bonds is 14. The number of hydrogen-bond donors (Lipinski definition) is 0. The van der Waals surface area contributed by atoms with Gasteiger partial charge in [0, 0.05) is 30.9 Å². The molecule has 0 saturated heterocycles. The highest BCUT2D eigenvalue weighted by Crippen LogP contribution is 2.20. The zero-order valence-electron chi connectivity index (χ0n) is 18.6. The molecule has 0 spiro atoms. The third kappa shape index (κ3) is 8.40. The van der Waals surface area contributed by atoms with Crippen LogP contribution >= 0.6 is 0 Å². The Morgan fingerprint density at radius 3 is 1.63 bits per heavy atom. The van der Waals surface area contributed by atoms with E-state index >= 15 is 0 Å². The van der Waals surface area contributed by atoms with Crippen LogP contribution in [0.5, 0.6) is 0 Å². The summed E-state index contributed by atoms with van der Waals surface area (Å²) in [6, 6.07) is 15.4. The van der Waals surface area contributed by atoms with Crippen molar-refractivity contribution in [3.8, 4) is 0 Å². The van der Waals surface area contributed by atoms with E-state index in [0.29, 0.717) is 0 Å². The van der Waals surface area contributed by atoms with Crippen LogP contribution in [0.15, 0.2) is 48.5 Å². The van der Waals surface area contributed by atoms with Gasteiger partial charge in [-0.2, -0.15) is 0 Å². The second-order valence-corrected chi connectivity index (χ2v) is 7.88. The van der Waals surface area contributed by atoms with Gasteiger partial charge in [0.2, 0.25) is 0 Å². The Morgan fingerprint density at radius 2 is 1.20 bits per heavy atom. The number of nitrogens with zero attached hydrogens (tertiary/aromatic N) is 2. The zero-order valence-corrected chi connectivity index (χ0v) is 18.6. The highest BCUT2D eigenvalue weighted by Gasteiger charge is 2.06. The fourth-order valence-corrected chi connectivity index (χ4v) is 3.52. The van der Waals surface area contributed by atoms with Crippen molar-refractivity contribution in [2.24, 2.45) is 0 Å². The topological polar surface area (TPSA) is 46.4 Å². The predicted molar refractivity (Wildman–Crippen MR) is 129 cm³/mol. The van der Waals surface area contributed by atoms with Gasteiger partial charge in [0.15, 0.2) is 0 Å². The second-order valence-electron chi connectivity index (χ2n) is 7.88. The molecule has 0 radical (unpaired) electrons. The molecule has 0 aliphatic heterocycles. The van der Waals surface area contributed by atoms with Crippen LogP contribution in [-0.4, -0.2) is 18.0 Å². The lowest BCUT2D eigenvalue weighted by molar-refractivity contribution is -0.384. The number of hydrogen-bond acceptors (Lipinski definition) is 3. The molecule has 4 heteroatoms. The normalized spacial score (nSPS) is 11.1. The van der Waals surface area contributed by atoms with Crippen LogP contribution in [0.2, 0.25) is 0 Å².